The van der Waals surface area contributed by atoms with Gasteiger partial charge in [-0.2, -0.15) is 0 Å². The molecular weight excluding hydrogens is 206 g/mol. The average Bonchev–Trinajstić information content (AvgIpc) is 2.70. The van der Waals surface area contributed by atoms with Crippen LogP contribution in [-0.2, 0) is 4.74 Å². The first-order valence-electron chi connectivity index (χ1n) is 6.09. The summed E-state index contributed by atoms with van der Waals surface area (Å²) in [6.07, 6.45) is 1.98. The molecule has 2 saturated heterocycles. The number of nitrogens with one attached hydrogen (secondary N) is 3. The minimum absolute atomic E-state index is 0.0589. The summed E-state index contributed by atoms with van der Waals surface area (Å²) in [5, 5.41) is 9.26. The molecule has 5 heteroatoms. The summed E-state index contributed by atoms with van der Waals surface area (Å²) >= 11 is 0. The fourth-order valence-corrected chi connectivity index (χ4v) is 2.33. The maximum Gasteiger partial charge on any atom is 0.315 e. The van der Waals surface area contributed by atoms with Crippen molar-refractivity contribution in [2.24, 2.45) is 5.92 Å². The number of carbonyl (C=O) groups is 1. The van der Waals surface area contributed by atoms with E-state index in [0.717, 1.165) is 32.5 Å². The Labute approximate surface area is 96.3 Å². The van der Waals surface area contributed by atoms with Gasteiger partial charge in [0.1, 0.15) is 0 Å². The highest BCUT2D eigenvalue weighted by Gasteiger charge is 2.22. The van der Waals surface area contributed by atoms with Gasteiger partial charge in [-0.05, 0) is 25.3 Å². The van der Waals surface area contributed by atoms with E-state index in [4.69, 9.17) is 4.74 Å². The normalized spacial score (nSPS) is 34.7. The van der Waals surface area contributed by atoms with Crippen molar-refractivity contribution >= 4 is 6.03 Å². The monoisotopic (exact) mass is 227 g/mol. The van der Waals surface area contributed by atoms with Crippen LogP contribution in [0.3, 0.4) is 0 Å². The first-order valence-corrected chi connectivity index (χ1v) is 6.09. The first kappa shape index (κ1) is 11.7. The van der Waals surface area contributed by atoms with Crippen LogP contribution in [0.1, 0.15) is 19.8 Å². The molecule has 2 fully saturated rings. The standard InChI is InChI=1S/C11H21N3O2/c1-8-4-10(6-12-5-8)14-11(15)13-9-2-3-16-7-9/h8-10,12H,2-7H2,1H3,(H2,13,14,15). The zero-order valence-electron chi connectivity index (χ0n) is 9.79. The molecule has 2 rings (SSSR count). The lowest BCUT2D eigenvalue weighted by atomic mass is 9.98. The minimum atomic E-state index is -0.0589. The number of hydrogen-bond donors (Lipinski definition) is 3. The molecule has 92 valence electrons. The van der Waals surface area contributed by atoms with Gasteiger partial charge >= 0.3 is 6.03 Å². The molecule has 0 aromatic carbocycles. The fraction of sp³-hybridized carbons (Fsp3) is 0.909. The van der Waals surface area contributed by atoms with Crippen molar-refractivity contribution in [3.8, 4) is 0 Å². The van der Waals surface area contributed by atoms with Crippen LogP contribution >= 0.6 is 0 Å². The number of carbonyl (C=O) groups excluding carboxylic acids is 1. The summed E-state index contributed by atoms with van der Waals surface area (Å²) < 4.78 is 5.21. The van der Waals surface area contributed by atoms with Crippen LogP contribution in [0.2, 0.25) is 0 Å². The van der Waals surface area contributed by atoms with Gasteiger partial charge in [-0.15, -0.1) is 0 Å². The van der Waals surface area contributed by atoms with Crippen LogP contribution in [0, 0.1) is 5.92 Å². The topological polar surface area (TPSA) is 62.4 Å². The smallest absolute Gasteiger partial charge is 0.315 e. The van der Waals surface area contributed by atoms with E-state index in [1.807, 2.05) is 0 Å². The van der Waals surface area contributed by atoms with Crippen molar-refractivity contribution in [1.29, 1.82) is 0 Å². The van der Waals surface area contributed by atoms with E-state index < -0.39 is 0 Å². The molecule has 3 atom stereocenters. The highest BCUT2D eigenvalue weighted by Crippen LogP contribution is 2.09. The summed E-state index contributed by atoms with van der Waals surface area (Å²) in [4.78, 5) is 11.7. The Morgan fingerprint density at radius 2 is 2.12 bits per heavy atom. The van der Waals surface area contributed by atoms with Crippen molar-refractivity contribution in [2.75, 3.05) is 26.3 Å². The van der Waals surface area contributed by atoms with Gasteiger partial charge in [0, 0.05) is 19.2 Å². The summed E-state index contributed by atoms with van der Waals surface area (Å²) in [5.41, 5.74) is 0. The Bertz CT molecular complexity index is 241. The number of rotatable bonds is 2. The quantitative estimate of drug-likeness (QED) is 0.626. The molecule has 3 N–H and O–H groups in total. The molecule has 16 heavy (non-hydrogen) atoms. The lowest BCUT2D eigenvalue weighted by Crippen LogP contribution is -2.52. The zero-order valence-corrected chi connectivity index (χ0v) is 9.79. The fourth-order valence-electron chi connectivity index (χ4n) is 2.33. The van der Waals surface area contributed by atoms with E-state index in [9.17, 15) is 4.79 Å². The van der Waals surface area contributed by atoms with E-state index in [1.165, 1.54) is 0 Å². The molecule has 2 amide bonds. The van der Waals surface area contributed by atoms with Crippen molar-refractivity contribution in [3.63, 3.8) is 0 Å². The van der Waals surface area contributed by atoms with Gasteiger partial charge in [0.2, 0.25) is 0 Å². The lowest BCUT2D eigenvalue weighted by Gasteiger charge is -2.28. The third kappa shape index (κ3) is 3.35. The number of amides is 2. The maximum atomic E-state index is 11.7. The molecule has 2 aliphatic rings. The summed E-state index contributed by atoms with van der Waals surface area (Å²) in [7, 11) is 0. The van der Waals surface area contributed by atoms with Crippen LogP contribution < -0.4 is 16.0 Å². The molecule has 2 aliphatic heterocycles. The minimum Gasteiger partial charge on any atom is -0.379 e. The summed E-state index contributed by atoms with van der Waals surface area (Å²) in [6.45, 7) is 5.53. The Morgan fingerprint density at radius 3 is 2.81 bits per heavy atom. The molecule has 2 heterocycles. The van der Waals surface area contributed by atoms with Crippen LogP contribution in [0.4, 0.5) is 4.79 Å². The molecule has 0 aliphatic carbocycles. The van der Waals surface area contributed by atoms with E-state index in [-0.39, 0.29) is 18.1 Å². The molecule has 3 unspecified atom stereocenters. The van der Waals surface area contributed by atoms with E-state index in [1.54, 1.807) is 0 Å². The summed E-state index contributed by atoms with van der Waals surface area (Å²) in [6, 6.07) is 0.386. The van der Waals surface area contributed by atoms with E-state index >= 15 is 0 Å². The molecule has 5 nitrogen and oxygen atoms in total. The second-order valence-electron chi connectivity index (χ2n) is 4.87. The molecule has 0 aromatic rings. The van der Waals surface area contributed by atoms with Crippen LogP contribution in [0.5, 0.6) is 0 Å². The molecular formula is C11H21N3O2. The largest absolute Gasteiger partial charge is 0.379 e. The Morgan fingerprint density at radius 1 is 1.31 bits per heavy atom. The predicted molar refractivity (Wildman–Crippen MR) is 61.3 cm³/mol. The molecule has 0 spiro atoms. The molecule has 0 bridgehead atoms. The van der Waals surface area contributed by atoms with Crippen molar-refractivity contribution in [2.45, 2.75) is 31.8 Å². The van der Waals surface area contributed by atoms with Crippen LogP contribution in [0.25, 0.3) is 0 Å². The van der Waals surface area contributed by atoms with Gasteiger partial charge in [0.25, 0.3) is 0 Å². The number of hydrogen-bond acceptors (Lipinski definition) is 3. The number of piperidine rings is 1. The van der Waals surface area contributed by atoms with Gasteiger partial charge in [-0.3, -0.25) is 0 Å². The third-order valence-electron chi connectivity index (χ3n) is 3.17. The Balaban J connectivity index is 1.69. The average molecular weight is 227 g/mol. The maximum absolute atomic E-state index is 11.7. The van der Waals surface area contributed by atoms with E-state index in [2.05, 4.69) is 22.9 Å². The predicted octanol–water partition coefficient (Wildman–Crippen LogP) is 0.0725. The van der Waals surface area contributed by atoms with Crippen LogP contribution in [-0.4, -0.2) is 44.4 Å². The highest BCUT2D eigenvalue weighted by molar-refractivity contribution is 5.74. The lowest BCUT2D eigenvalue weighted by molar-refractivity contribution is 0.187. The summed E-state index contributed by atoms with van der Waals surface area (Å²) in [5.74, 6) is 0.633. The van der Waals surface area contributed by atoms with Crippen molar-refractivity contribution < 1.29 is 9.53 Å². The first-order chi connectivity index (χ1) is 7.74. The van der Waals surface area contributed by atoms with Crippen LogP contribution in [0.15, 0.2) is 0 Å². The van der Waals surface area contributed by atoms with Gasteiger partial charge in [0.05, 0.1) is 12.6 Å². The number of urea groups is 1. The number of ether oxygens (including phenoxy) is 1. The van der Waals surface area contributed by atoms with Gasteiger partial charge in [-0.1, -0.05) is 6.92 Å². The molecule has 0 aromatic heterocycles. The van der Waals surface area contributed by atoms with E-state index in [0.29, 0.717) is 12.5 Å². The molecule has 0 saturated carbocycles. The Hall–Kier alpha value is -0.810. The zero-order chi connectivity index (χ0) is 11.4. The molecule has 0 radical (unpaired) electrons. The SMILES string of the molecule is CC1CNCC(NC(=O)NC2CCOC2)C1. The second kappa shape index (κ2) is 5.50. The van der Waals surface area contributed by atoms with Crippen molar-refractivity contribution in [1.82, 2.24) is 16.0 Å². The third-order valence-corrected chi connectivity index (χ3v) is 3.17. The van der Waals surface area contributed by atoms with Gasteiger partial charge in [-0.25, -0.2) is 4.79 Å². The van der Waals surface area contributed by atoms with Gasteiger partial charge in [0.15, 0.2) is 0 Å². The second-order valence-corrected chi connectivity index (χ2v) is 4.87. The Kier molecular flexibility index (Phi) is 4.01. The van der Waals surface area contributed by atoms with Gasteiger partial charge < -0.3 is 20.7 Å². The van der Waals surface area contributed by atoms with Crippen molar-refractivity contribution in [3.05, 3.63) is 0 Å². The highest BCUT2D eigenvalue weighted by atomic mass is 16.5.